The lowest BCUT2D eigenvalue weighted by Crippen LogP contribution is -2.18. The third-order valence-electron chi connectivity index (χ3n) is 4.05. The first-order chi connectivity index (χ1) is 12.0. The van der Waals surface area contributed by atoms with Gasteiger partial charge in [-0.2, -0.15) is 0 Å². The molecule has 0 saturated heterocycles. The van der Waals surface area contributed by atoms with Crippen LogP contribution in [0, 0.1) is 0 Å². The van der Waals surface area contributed by atoms with Crippen molar-refractivity contribution >= 4 is 34.1 Å². The van der Waals surface area contributed by atoms with Crippen LogP contribution in [0.4, 0.5) is 11.4 Å². The van der Waals surface area contributed by atoms with E-state index in [2.05, 4.69) is 35.8 Å². The van der Waals surface area contributed by atoms with Gasteiger partial charge in [0, 0.05) is 30.0 Å². The van der Waals surface area contributed by atoms with Gasteiger partial charge in [-0.3, -0.25) is 9.59 Å². The molecule has 1 aromatic heterocycles. The topological polar surface area (TPSA) is 63.1 Å². The average Bonchev–Trinajstić information content (AvgIpc) is 2.98. The van der Waals surface area contributed by atoms with E-state index in [0.717, 1.165) is 17.3 Å². The first kappa shape index (κ1) is 16.8. The molecule has 0 spiro atoms. The van der Waals surface area contributed by atoms with Gasteiger partial charge in [-0.25, -0.2) is 0 Å². The number of carbonyl (C=O) groups excluding carboxylic acids is 2. The van der Waals surface area contributed by atoms with Gasteiger partial charge < -0.3 is 15.2 Å². The number of amides is 2. The van der Waals surface area contributed by atoms with Crippen molar-refractivity contribution in [3.8, 4) is 0 Å². The Balaban J connectivity index is 1.67. The number of benzene rings is 2. The van der Waals surface area contributed by atoms with Gasteiger partial charge in [0.2, 0.25) is 11.8 Å². The van der Waals surface area contributed by atoms with Gasteiger partial charge >= 0.3 is 0 Å². The van der Waals surface area contributed by atoms with Crippen LogP contribution in [-0.2, 0) is 22.6 Å². The number of anilines is 2. The normalized spacial score (nSPS) is 10.6. The van der Waals surface area contributed by atoms with Crippen molar-refractivity contribution < 1.29 is 9.59 Å². The van der Waals surface area contributed by atoms with E-state index in [-0.39, 0.29) is 18.4 Å². The maximum atomic E-state index is 12.3. The third-order valence-corrected chi connectivity index (χ3v) is 4.05. The number of fused-ring (bicyclic) bond motifs is 1. The van der Waals surface area contributed by atoms with Crippen molar-refractivity contribution in [3.63, 3.8) is 0 Å². The highest BCUT2D eigenvalue weighted by atomic mass is 16.2. The Morgan fingerprint density at radius 3 is 2.28 bits per heavy atom. The molecule has 0 saturated carbocycles. The molecule has 2 N–H and O–H groups in total. The summed E-state index contributed by atoms with van der Waals surface area (Å²) >= 11 is 0. The maximum absolute atomic E-state index is 12.3. The summed E-state index contributed by atoms with van der Waals surface area (Å²) in [7, 11) is 0. The van der Waals surface area contributed by atoms with Crippen LogP contribution in [0.25, 0.3) is 10.9 Å². The number of aryl methyl sites for hydroxylation is 1. The fourth-order valence-electron chi connectivity index (χ4n) is 2.80. The maximum Gasteiger partial charge on any atom is 0.244 e. The van der Waals surface area contributed by atoms with E-state index in [0.29, 0.717) is 11.4 Å². The van der Waals surface area contributed by atoms with Gasteiger partial charge in [-0.1, -0.05) is 13.0 Å². The van der Waals surface area contributed by atoms with Crippen LogP contribution in [0.5, 0.6) is 0 Å². The van der Waals surface area contributed by atoms with Crippen LogP contribution >= 0.6 is 0 Å². The number of aromatic nitrogens is 1. The Morgan fingerprint density at radius 2 is 1.64 bits per heavy atom. The summed E-state index contributed by atoms with van der Waals surface area (Å²) in [5.41, 5.74) is 3.74. The molecule has 2 amide bonds. The van der Waals surface area contributed by atoms with Crippen molar-refractivity contribution in [3.05, 3.63) is 60.3 Å². The Bertz CT molecular complexity index is 910. The van der Waals surface area contributed by atoms with E-state index in [1.807, 2.05) is 16.8 Å². The van der Waals surface area contributed by atoms with Crippen LogP contribution in [-0.4, -0.2) is 16.4 Å². The zero-order valence-corrected chi connectivity index (χ0v) is 14.4. The molecule has 0 aliphatic rings. The lowest BCUT2D eigenvalue weighted by Gasteiger charge is -2.09. The van der Waals surface area contributed by atoms with E-state index >= 15 is 0 Å². The highest BCUT2D eigenvalue weighted by Gasteiger charge is 2.07. The monoisotopic (exact) mass is 335 g/mol. The van der Waals surface area contributed by atoms with Crippen molar-refractivity contribution in [2.45, 2.75) is 26.8 Å². The average molecular weight is 335 g/mol. The van der Waals surface area contributed by atoms with Crippen LogP contribution in [0.2, 0.25) is 0 Å². The van der Waals surface area contributed by atoms with Crippen molar-refractivity contribution in [1.29, 1.82) is 0 Å². The predicted octanol–water partition coefficient (Wildman–Crippen LogP) is 3.80. The number of nitrogens with one attached hydrogen (secondary N) is 2. The molecule has 1 heterocycles. The van der Waals surface area contributed by atoms with Gasteiger partial charge in [0.1, 0.15) is 6.54 Å². The van der Waals surface area contributed by atoms with Crippen LogP contribution in [0.3, 0.4) is 0 Å². The Morgan fingerprint density at radius 1 is 0.960 bits per heavy atom. The summed E-state index contributed by atoms with van der Waals surface area (Å²) in [6.07, 6.45) is 2.93. The highest BCUT2D eigenvalue weighted by molar-refractivity contribution is 5.93. The summed E-state index contributed by atoms with van der Waals surface area (Å²) < 4.78 is 1.94. The van der Waals surface area contributed by atoms with E-state index in [1.165, 1.54) is 12.5 Å². The number of carbonyl (C=O) groups is 2. The molecule has 3 rings (SSSR count). The van der Waals surface area contributed by atoms with Gasteiger partial charge in [0.05, 0.1) is 0 Å². The Hall–Kier alpha value is -3.08. The summed E-state index contributed by atoms with van der Waals surface area (Å²) in [4.78, 5) is 23.3. The quantitative estimate of drug-likeness (QED) is 0.745. The zero-order valence-electron chi connectivity index (χ0n) is 14.4. The Labute approximate surface area is 146 Å². The standard InChI is InChI=1S/C20H21N3O2/c1-3-15-4-9-19-16(12-15)10-11-23(19)13-20(25)22-18-7-5-17(6-8-18)21-14(2)24/h4-12H,3,13H2,1-2H3,(H,21,24)(H,22,25). The van der Waals surface area contributed by atoms with Crippen molar-refractivity contribution in [2.75, 3.05) is 10.6 Å². The second-order valence-electron chi connectivity index (χ2n) is 6.00. The molecule has 3 aromatic rings. The smallest absolute Gasteiger partial charge is 0.244 e. The van der Waals surface area contributed by atoms with Crippen LogP contribution in [0.15, 0.2) is 54.7 Å². The molecule has 25 heavy (non-hydrogen) atoms. The largest absolute Gasteiger partial charge is 0.338 e. The number of nitrogens with zero attached hydrogens (tertiary/aromatic N) is 1. The van der Waals surface area contributed by atoms with Gasteiger partial charge in [0.25, 0.3) is 0 Å². The van der Waals surface area contributed by atoms with E-state index in [4.69, 9.17) is 0 Å². The lowest BCUT2D eigenvalue weighted by atomic mass is 10.1. The fraction of sp³-hybridized carbons (Fsp3) is 0.200. The number of hydrogen-bond donors (Lipinski definition) is 2. The fourth-order valence-corrected chi connectivity index (χ4v) is 2.80. The summed E-state index contributed by atoms with van der Waals surface area (Å²) in [5, 5.41) is 6.72. The minimum Gasteiger partial charge on any atom is -0.338 e. The van der Waals surface area contributed by atoms with Crippen molar-refractivity contribution in [1.82, 2.24) is 4.57 Å². The number of rotatable bonds is 5. The molecule has 0 radical (unpaired) electrons. The zero-order chi connectivity index (χ0) is 17.8. The van der Waals surface area contributed by atoms with E-state index < -0.39 is 0 Å². The van der Waals surface area contributed by atoms with Gasteiger partial charge in [0.15, 0.2) is 0 Å². The molecular formula is C20H21N3O2. The van der Waals surface area contributed by atoms with Gasteiger partial charge in [-0.05, 0) is 59.8 Å². The van der Waals surface area contributed by atoms with E-state index in [1.54, 1.807) is 24.3 Å². The van der Waals surface area contributed by atoms with Crippen molar-refractivity contribution in [2.24, 2.45) is 0 Å². The third kappa shape index (κ3) is 4.07. The molecule has 2 aromatic carbocycles. The molecular weight excluding hydrogens is 314 g/mol. The summed E-state index contributed by atoms with van der Waals surface area (Å²) in [6, 6.07) is 15.4. The molecule has 5 nitrogen and oxygen atoms in total. The second-order valence-corrected chi connectivity index (χ2v) is 6.00. The highest BCUT2D eigenvalue weighted by Crippen LogP contribution is 2.19. The van der Waals surface area contributed by atoms with Crippen LogP contribution in [0.1, 0.15) is 19.4 Å². The number of hydrogen-bond acceptors (Lipinski definition) is 2. The summed E-state index contributed by atoms with van der Waals surface area (Å²) in [5.74, 6) is -0.216. The molecule has 5 heteroatoms. The molecule has 0 aliphatic heterocycles. The summed E-state index contributed by atoms with van der Waals surface area (Å²) in [6.45, 7) is 3.84. The minimum atomic E-state index is -0.123. The molecule has 0 fully saturated rings. The minimum absolute atomic E-state index is 0.0932. The predicted molar refractivity (Wildman–Crippen MR) is 101 cm³/mol. The van der Waals surface area contributed by atoms with E-state index in [9.17, 15) is 9.59 Å². The molecule has 0 atom stereocenters. The molecule has 0 aliphatic carbocycles. The van der Waals surface area contributed by atoms with Gasteiger partial charge in [-0.15, -0.1) is 0 Å². The first-order valence-electron chi connectivity index (χ1n) is 8.30. The first-order valence-corrected chi connectivity index (χ1v) is 8.30. The second kappa shape index (κ2) is 7.21. The lowest BCUT2D eigenvalue weighted by molar-refractivity contribution is -0.116. The Kier molecular flexibility index (Phi) is 4.84. The SMILES string of the molecule is CCc1ccc2c(ccn2CC(=O)Nc2ccc(NC(C)=O)cc2)c1. The molecule has 128 valence electrons. The molecule has 0 unspecified atom stereocenters. The van der Waals surface area contributed by atoms with Crippen LogP contribution < -0.4 is 10.6 Å². The molecule has 0 bridgehead atoms.